The molecule has 0 spiro atoms. The van der Waals surface area contributed by atoms with Gasteiger partial charge in [-0.15, -0.1) is 0 Å². The zero-order valence-electron chi connectivity index (χ0n) is 15.3. The number of carbonyl (C=O) groups is 1. The number of ketones is 1. The lowest BCUT2D eigenvalue weighted by Crippen LogP contribution is -2.26. The van der Waals surface area contributed by atoms with Gasteiger partial charge in [-0.25, -0.2) is 0 Å². The molecule has 0 aliphatic heterocycles. The van der Waals surface area contributed by atoms with E-state index in [4.69, 9.17) is 9.26 Å². The number of carbonyl (C=O) groups excluding carboxylic acids is 1. The summed E-state index contributed by atoms with van der Waals surface area (Å²) < 4.78 is 21.8. The molecule has 3 atom stereocenters. The second-order valence-electron chi connectivity index (χ2n) is 6.40. The van der Waals surface area contributed by atoms with Crippen molar-refractivity contribution in [2.24, 2.45) is 5.92 Å². The second kappa shape index (κ2) is 9.24. The topological polar surface area (TPSA) is 72.8 Å². The Hall–Kier alpha value is -1.78. The molecule has 0 aromatic heterocycles. The molecule has 0 heterocycles. The van der Waals surface area contributed by atoms with E-state index in [9.17, 15) is 14.3 Å². The van der Waals surface area contributed by atoms with E-state index >= 15 is 0 Å². The highest BCUT2D eigenvalue weighted by atomic mass is 31.2. The molecule has 0 bridgehead atoms. The molecule has 140 valence electrons. The third-order valence-electron chi connectivity index (χ3n) is 4.17. The Morgan fingerprint density at radius 2 is 1.65 bits per heavy atom. The fourth-order valence-electron chi connectivity index (χ4n) is 2.80. The summed E-state index contributed by atoms with van der Waals surface area (Å²) in [7, 11) is -2.09. The van der Waals surface area contributed by atoms with E-state index < -0.39 is 13.7 Å². The van der Waals surface area contributed by atoms with Crippen molar-refractivity contribution in [3.05, 3.63) is 60.2 Å². The third-order valence-corrected chi connectivity index (χ3v) is 4.89. The van der Waals surface area contributed by atoms with Gasteiger partial charge in [0, 0.05) is 31.7 Å². The molecule has 0 aliphatic carbocycles. The molecule has 2 rings (SSSR count). The number of Topliss-reactive ketones (excluding diaryl/α,β-unsaturated/α-hetero) is 1. The molecule has 6 heteroatoms. The van der Waals surface area contributed by atoms with Gasteiger partial charge < -0.3 is 14.2 Å². The van der Waals surface area contributed by atoms with Gasteiger partial charge in [-0.3, -0.25) is 9.36 Å². The van der Waals surface area contributed by atoms with Crippen molar-refractivity contribution in [3.8, 4) is 11.1 Å². The lowest BCUT2D eigenvalue weighted by Gasteiger charge is -2.24. The summed E-state index contributed by atoms with van der Waals surface area (Å²) in [6.45, 7) is 3.09. The predicted octanol–water partition coefficient (Wildman–Crippen LogP) is 4.41. The first-order valence-corrected chi connectivity index (χ1v) is 10.5. The standard InChI is InChI=1S/C20H25O5P/c1-15(25-26(3,22)23)19(14-24-2)13-20(21)18-11-9-17(10-12-18)16-7-5-4-6-8-16/h4-12,15,19H,13-14H2,1-3H3,(H,22,23)/t15-,19-/m0/s1. The van der Waals surface area contributed by atoms with Crippen molar-refractivity contribution in [3.63, 3.8) is 0 Å². The first-order valence-electron chi connectivity index (χ1n) is 8.46. The Morgan fingerprint density at radius 1 is 1.08 bits per heavy atom. The van der Waals surface area contributed by atoms with Gasteiger partial charge in [-0.1, -0.05) is 54.6 Å². The molecular formula is C20H25O5P. The first-order chi connectivity index (χ1) is 12.3. The summed E-state index contributed by atoms with van der Waals surface area (Å²) in [5, 5.41) is 0. The average molecular weight is 376 g/mol. The van der Waals surface area contributed by atoms with Crippen molar-refractivity contribution in [2.45, 2.75) is 19.4 Å². The number of rotatable bonds is 9. The summed E-state index contributed by atoms with van der Waals surface area (Å²) in [5.41, 5.74) is 2.73. The Labute approximate surface area is 154 Å². The Kier molecular flexibility index (Phi) is 7.30. The van der Waals surface area contributed by atoms with E-state index in [0.29, 0.717) is 5.56 Å². The molecule has 1 unspecified atom stereocenters. The van der Waals surface area contributed by atoms with Crippen molar-refractivity contribution in [1.82, 2.24) is 0 Å². The van der Waals surface area contributed by atoms with Gasteiger partial charge in [0.2, 0.25) is 0 Å². The maximum atomic E-state index is 12.6. The van der Waals surface area contributed by atoms with Crippen LogP contribution in [-0.4, -0.2) is 37.2 Å². The normalized spacial score (nSPS) is 15.8. The summed E-state index contributed by atoms with van der Waals surface area (Å²) in [6, 6.07) is 17.4. The van der Waals surface area contributed by atoms with Crippen LogP contribution in [0.2, 0.25) is 0 Å². The molecule has 0 aliphatic rings. The number of methoxy groups -OCH3 is 1. The fraction of sp³-hybridized carbons (Fsp3) is 0.350. The minimum absolute atomic E-state index is 0.0500. The van der Waals surface area contributed by atoms with Crippen LogP contribution in [0.3, 0.4) is 0 Å². The van der Waals surface area contributed by atoms with E-state index in [2.05, 4.69) is 0 Å². The minimum atomic E-state index is -3.62. The van der Waals surface area contributed by atoms with Gasteiger partial charge in [0.1, 0.15) is 0 Å². The highest BCUT2D eigenvalue weighted by molar-refractivity contribution is 7.51. The Bertz CT molecular complexity index is 752. The number of hydrogen-bond donors (Lipinski definition) is 1. The highest BCUT2D eigenvalue weighted by Gasteiger charge is 2.26. The zero-order chi connectivity index (χ0) is 19.2. The SMILES string of the molecule is COC[C@H](CC(=O)c1ccc(-c2ccccc2)cc1)[C@H](C)OP(C)(=O)O. The smallest absolute Gasteiger partial charge is 0.325 e. The molecular weight excluding hydrogens is 351 g/mol. The quantitative estimate of drug-likeness (QED) is 0.518. The van der Waals surface area contributed by atoms with E-state index in [1.54, 1.807) is 19.1 Å². The predicted molar refractivity (Wildman–Crippen MR) is 102 cm³/mol. The van der Waals surface area contributed by atoms with Crippen LogP contribution >= 0.6 is 7.60 Å². The second-order valence-corrected chi connectivity index (χ2v) is 8.22. The molecule has 0 fully saturated rings. The zero-order valence-corrected chi connectivity index (χ0v) is 16.2. The van der Waals surface area contributed by atoms with Crippen LogP contribution in [0.15, 0.2) is 54.6 Å². The van der Waals surface area contributed by atoms with Crippen molar-refractivity contribution in [2.75, 3.05) is 20.4 Å². The van der Waals surface area contributed by atoms with Gasteiger partial charge in [0.25, 0.3) is 0 Å². The van der Waals surface area contributed by atoms with E-state index in [0.717, 1.165) is 17.8 Å². The minimum Gasteiger partial charge on any atom is -0.384 e. The van der Waals surface area contributed by atoms with Crippen LogP contribution in [0.1, 0.15) is 23.7 Å². The summed E-state index contributed by atoms with van der Waals surface area (Å²) in [4.78, 5) is 22.0. The van der Waals surface area contributed by atoms with Gasteiger partial charge >= 0.3 is 7.60 Å². The molecule has 0 saturated heterocycles. The van der Waals surface area contributed by atoms with Crippen LogP contribution < -0.4 is 0 Å². The van der Waals surface area contributed by atoms with Crippen LogP contribution in [0.5, 0.6) is 0 Å². The van der Waals surface area contributed by atoms with Crippen LogP contribution in [-0.2, 0) is 13.8 Å². The van der Waals surface area contributed by atoms with Gasteiger partial charge in [-0.05, 0) is 18.1 Å². The van der Waals surface area contributed by atoms with E-state index in [1.807, 2.05) is 42.5 Å². The molecule has 0 saturated carbocycles. The van der Waals surface area contributed by atoms with Gasteiger partial charge in [0.05, 0.1) is 12.7 Å². The fourth-order valence-corrected chi connectivity index (χ4v) is 3.59. The van der Waals surface area contributed by atoms with Crippen molar-refractivity contribution < 1.29 is 23.5 Å². The van der Waals surface area contributed by atoms with E-state index in [1.165, 1.54) is 7.11 Å². The lowest BCUT2D eigenvalue weighted by molar-refractivity contribution is 0.0563. The van der Waals surface area contributed by atoms with Crippen LogP contribution in [0.4, 0.5) is 0 Å². The lowest BCUT2D eigenvalue weighted by atomic mass is 9.94. The monoisotopic (exact) mass is 376 g/mol. The highest BCUT2D eigenvalue weighted by Crippen LogP contribution is 2.40. The number of ether oxygens (including phenoxy) is 1. The summed E-state index contributed by atoms with van der Waals surface area (Å²) >= 11 is 0. The van der Waals surface area contributed by atoms with Crippen LogP contribution in [0.25, 0.3) is 11.1 Å². The number of benzene rings is 2. The molecule has 5 nitrogen and oxygen atoms in total. The Balaban J connectivity index is 2.08. The van der Waals surface area contributed by atoms with E-state index in [-0.39, 0.29) is 24.7 Å². The molecule has 2 aromatic carbocycles. The Morgan fingerprint density at radius 3 is 2.19 bits per heavy atom. The summed E-state index contributed by atoms with van der Waals surface area (Å²) in [5.74, 6) is -0.354. The number of hydrogen-bond acceptors (Lipinski definition) is 4. The van der Waals surface area contributed by atoms with Crippen molar-refractivity contribution in [1.29, 1.82) is 0 Å². The maximum absolute atomic E-state index is 12.6. The molecule has 26 heavy (non-hydrogen) atoms. The van der Waals surface area contributed by atoms with Crippen LogP contribution in [0, 0.1) is 5.92 Å². The molecule has 1 N–H and O–H groups in total. The maximum Gasteiger partial charge on any atom is 0.325 e. The molecule has 0 radical (unpaired) electrons. The largest absolute Gasteiger partial charge is 0.384 e. The first kappa shape index (κ1) is 20.5. The molecule has 0 amide bonds. The van der Waals surface area contributed by atoms with Gasteiger partial charge in [0.15, 0.2) is 5.78 Å². The summed E-state index contributed by atoms with van der Waals surface area (Å²) in [6.07, 6.45) is -0.386. The average Bonchev–Trinajstić information content (AvgIpc) is 2.60. The molecule has 2 aromatic rings. The van der Waals surface area contributed by atoms with Gasteiger partial charge in [-0.2, -0.15) is 0 Å². The van der Waals surface area contributed by atoms with Crippen molar-refractivity contribution >= 4 is 13.4 Å². The third kappa shape index (κ3) is 6.19.